The van der Waals surface area contributed by atoms with E-state index in [0.717, 1.165) is 34.3 Å². The van der Waals surface area contributed by atoms with Crippen molar-refractivity contribution in [2.24, 2.45) is 7.05 Å². The fraction of sp³-hybridized carbons (Fsp3) is 0.280. The first kappa shape index (κ1) is 21.1. The molecule has 168 valence electrons. The molecule has 1 amide bonds. The molecule has 4 aromatic rings. The van der Waals surface area contributed by atoms with Gasteiger partial charge in [0, 0.05) is 42.4 Å². The average Bonchev–Trinajstić information content (AvgIpc) is 3.45. The molecule has 1 saturated heterocycles. The molecular weight excluding hydrogens is 418 g/mol. The van der Waals surface area contributed by atoms with Crippen molar-refractivity contribution in [3.63, 3.8) is 0 Å². The highest BCUT2D eigenvalue weighted by Gasteiger charge is 2.38. The van der Waals surface area contributed by atoms with Gasteiger partial charge in [-0.3, -0.25) is 9.48 Å². The standard InChI is InChI=1S/C25H25N5O3/c1-25(10-7-11-33-25)24(31)28-20-12-17-19(13-21(20)32-3)26-15-27-23(17)18-14-30(2)29-22(18)16-8-5-4-6-9-16/h4-6,8-9,12-15H,7,10-11H2,1-3H3,(H,28,31). The smallest absolute Gasteiger partial charge is 0.256 e. The Hall–Kier alpha value is -3.78. The monoisotopic (exact) mass is 443 g/mol. The molecule has 0 radical (unpaired) electrons. The molecule has 5 rings (SSSR count). The second-order valence-corrected chi connectivity index (χ2v) is 8.36. The van der Waals surface area contributed by atoms with Crippen LogP contribution in [-0.4, -0.2) is 45.0 Å². The molecule has 1 aliphatic heterocycles. The number of aryl methyl sites for hydroxylation is 1. The summed E-state index contributed by atoms with van der Waals surface area (Å²) in [7, 11) is 3.46. The Morgan fingerprint density at radius 1 is 1.18 bits per heavy atom. The zero-order chi connectivity index (χ0) is 23.0. The lowest BCUT2D eigenvalue weighted by Gasteiger charge is -2.23. The predicted octanol–water partition coefficient (Wildman–Crippen LogP) is 4.21. The van der Waals surface area contributed by atoms with Gasteiger partial charge in [-0.2, -0.15) is 5.10 Å². The third kappa shape index (κ3) is 3.82. The van der Waals surface area contributed by atoms with Gasteiger partial charge in [0.15, 0.2) is 0 Å². The molecule has 1 fully saturated rings. The lowest BCUT2D eigenvalue weighted by Crippen LogP contribution is -2.39. The summed E-state index contributed by atoms with van der Waals surface area (Å²) in [5.41, 5.74) is 3.84. The Morgan fingerprint density at radius 2 is 2.00 bits per heavy atom. The molecule has 1 unspecified atom stereocenters. The average molecular weight is 444 g/mol. The number of aromatic nitrogens is 4. The first-order valence-electron chi connectivity index (χ1n) is 10.9. The van der Waals surface area contributed by atoms with Gasteiger partial charge < -0.3 is 14.8 Å². The van der Waals surface area contributed by atoms with Crippen LogP contribution >= 0.6 is 0 Å². The molecule has 33 heavy (non-hydrogen) atoms. The molecule has 3 heterocycles. The van der Waals surface area contributed by atoms with Gasteiger partial charge in [-0.25, -0.2) is 9.97 Å². The van der Waals surface area contributed by atoms with Crippen molar-refractivity contribution in [1.29, 1.82) is 0 Å². The van der Waals surface area contributed by atoms with Crippen molar-refractivity contribution in [2.75, 3.05) is 19.0 Å². The summed E-state index contributed by atoms with van der Waals surface area (Å²) in [6.45, 7) is 2.40. The normalized spacial score (nSPS) is 17.9. The maximum atomic E-state index is 13.0. The number of carbonyl (C=O) groups is 1. The summed E-state index contributed by atoms with van der Waals surface area (Å²) in [6, 6.07) is 13.7. The van der Waals surface area contributed by atoms with Crippen LogP contribution < -0.4 is 10.1 Å². The maximum Gasteiger partial charge on any atom is 0.256 e. The van der Waals surface area contributed by atoms with E-state index in [9.17, 15) is 4.79 Å². The van der Waals surface area contributed by atoms with Gasteiger partial charge in [0.2, 0.25) is 0 Å². The van der Waals surface area contributed by atoms with E-state index in [4.69, 9.17) is 9.47 Å². The van der Waals surface area contributed by atoms with Crippen molar-refractivity contribution in [3.8, 4) is 28.3 Å². The largest absolute Gasteiger partial charge is 0.494 e. The van der Waals surface area contributed by atoms with Crippen LogP contribution in [0.2, 0.25) is 0 Å². The highest BCUT2D eigenvalue weighted by atomic mass is 16.5. The number of hydrogen-bond acceptors (Lipinski definition) is 6. The summed E-state index contributed by atoms with van der Waals surface area (Å²) in [5, 5.41) is 8.46. The highest BCUT2D eigenvalue weighted by Crippen LogP contribution is 2.38. The quantitative estimate of drug-likeness (QED) is 0.497. The topological polar surface area (TPSA) is 91.2 Å². The zero-order valence-electron chi connectivity index (χ0n) is 18.8. The third-order valence-electron chi connectivity index (χ3n) is 6.04. The molecule has 2 aromatic heterocycles. The molecule has 1 atom stereocenters. The lowest BCUT2D eigenvalue weighted by atomic mass is 10.0. The van der Waals surface area contributed by atoms with Crippen LogP contribution in [-0.2, 0) is 16.6 Å². The number of nitrogens with one attached hydrogen (secondary N) is 1. The van der Waals surface area contributed by atoms with Gasteiger partial charge >= 0.3 is 0 Å². The Morgan fingerprint density at radius 3 is 2.73 bits per heavy atom. The van der Waals surface area contributed by atoms with E-state index < -0.39 is 5.60 Å². The number of nitrogens with zero attached hydrogens (tertiary/aromatic N) is 4. The van der Waals surface area contributed by atoms with E-state index in [-0.39, 0.29) is 5.91 Å². The Bertz CT molecular complexity index is 1330. The van der Waals surface area contributed by atoms with E-state index >= 15 is 0 Å². The summed E-state index contributed by atoms with van der Waals surface area (Å²) in [5.74, 6) is 0.332. The summed E-state index contributed by atoms with van der Waals surface area (Å²) in [4.78, 5) is 22.0. The number of methoxy groups -OCH3 is 1. The van der Waals surface area contributed by atoms with Crippen LogP contribution in [0.3, 0.4) is 0 Å². The molecule has 0 aliphatic carbocycles. The van der Waals surface area contributed by atoms with Crippen LogP contribution in [0.15, 0.2) is 55.0 Å². The Kier molecular flexibility index (Phi) is 5.30. The van der Waals surface area contributed by atoms with E-state index in [1.807, 2.05) is 62.6 Å². The molecule has 0 bridgehead atoms. The Balaban J connectivity index is 1.64. The number of fused-ring (bicyclic) bond motifs is 1. The minimum Gasteiger partial charge on any atom is -0.494 e. The predicted molar refractivity (Wildman–Crippen MR) is 126 cm³/mol. The van der Waals surface area contributed by atoms with Gasteiger partial charge in [0.25, 0.3) is 5.91 Å². The second-order valence-electron chi connectivity index (χ2n) is 8.36. The first-order chi connectivity index (χ1) is 16.0. The van der Waals surface area contributed by atoms with Gasteiger partial charge in [0.1, 0.15) is 23.4 Å². The molecule has 1 aliphatic rings. The fourth-order valence-corrected chi connectivity index (χ4v) is 4.25. The Labute approximate surface area is 191 Å². The zero-order valence-corrected chi connectivity index (χ0v) is 18.8. The number of ether oxygens (including phenoxy) is 2. The first-order valence-corrected chi connectivity index (χ1v) is 10.9. The number of benzene rings is 2. The van der Waals surface area contributed by atoms with Crippen LogP contribution in [0.1, 0.15) is 19.8 Å². The molecule has 2 aromatic carbocycles. The molecule has 1 N–H and O–H groups in total. The maximum absolute atomic E-state index is 13.0. The minimum absolute atomic E-state index is 0.192. The number of amides is 1. The number of hydrogen-bond donors (Lipinski definition) is 1. The van der Waals surface area contributed by atoms with Crippen molar-refractivity contribution >= 4 is 22.5 Å². The summed E-state index contributed by atoms with van der Waals surface area (Å²) < 4.78 is 13.0. The molecule has 8 heteroatoms. The van der Waals surface area contributed by atoms with Gasteiger partial charge in [-0.05, 0) is 25.8 Å². The third-order valence-corrected chi connectivity index (χ3v) is 6.04. The highest BCUT2D eigenvalue weighted by molar-refractivity contribution is 6.03. The molecule has 8 nitrogen and oxygen atoms in total. The SMILES string of the molecule is COc1cc2ncnc(-c3cn(C)nc3-c3ccccc3)c2cc1NC(=O)C1(C)CCCO1. The van der Waals surface area contributed by atoms with Crippen LogP contribution in [0.5, 0.6) is 5.75 Å². The fourth-order valence-electron chi connectivity index (χ4n) is 4.25. The molecule has 0 saturated carbocycles. The van der Waals surface area contributed by atoms with Crippen molar-refractivity contribution in [3.05, 3.63) is 55.0 Å². The second kappa shape index (κ2) is 8.29. The van der Waals surface area contributed by atoms with Crippen molar-refractivity contribution < 1.29 is 14.3 Å². The number of rotatable bonds is 5. The van der Waals surface area contributed by atoms with Gasteiger partial charge in [-0.1, -0.05) is 30.3 Å². The van der Waals surface area contributed by atoms with E-state index in [0.29, 0.717) is 30.0 Å². The van der Waals surface area contributed by atoms with Crippen LogP contribution in [0, 0.1) is 0 Å². The lowest BCUT2D eigenvalue weighted by molar-refractivity contribution is -0.133. The van der Waals surface area contributed by atoms with Gasteiger partial charge in [0.05, 0.1) is 24.0 Å². The summed E-state index contributed by atoms with van der Waals surface area (Å²) in [6.07, 6.45) is 5.02. The minimum atomic E-state index is -0.847. The van der Waals surface area contributed by atoms with Crippen molar-refractivity contribution in [1.82, 2.24) is 19.7 Å². The summed E-state index contributed by atoms with van der Waals surface area (Å²) >= 11 is 0. The molecule has 0 spiro atoms. The van der Waals surface area contributed by atoms with Crippen LogP contribution in [0.25, 0.3) is 33.4 Å². The molecular formula is C25H25N5O3. The van der Waals surface area contributed by atoms with Crippen LogP contribution in [0.4, 0.5) is 5.69 Å². The van der Waals surface area contributed by atoms with Crippen molar-refractivity contribution in [2.45, 2.75) is 25.4 Å². The van der Waals surface area contributed by atoms with E-state index in [1.165, 1.54) is 6.33 Å². The van der Waals surface area contributed by atoms with Gasteiger partial charge in [-0.15, -0.1) is 0 Å². The van der Waals surface area contributed by atoms with E-state index in [2.05, 4.69) is 20.4 Å². The number of anilines is 1. The number of carbonyl (C=O) groups excluding carboxylic acids is 1. The van der Waals surface area contributed by atoms with E-state index in [1.54, 1.807) is 11.8 Å².